The van der Waals surface area contributed by atoms with Crippen LogP contribution in [0.5, 0.6) is 0 Å². The zero-order valence-corrected chi connectivity index (χ0v) is 29.4. The van der Waals surface area contributed by atoms with Crippen LogP contribution in [0.4, 0.5) is 0 Å². The molecule has 9 aromatic carbocycles. The van der Waals surface area contributed by atoms with Crippen LogP contribution in [0.25, 0.3) is 93.3 Å². The molecule has 1 fully saturated rings. The van der Waals surface area contributed by atoms with Gasteiger partial charge in [-0.15, -0.1) is 0 Å². The van der Waals surface area contributed by atoms with Crippen LogP contribution in [0.3, 0.4) is 0 Å². The van der Waals surface area contributed by atoms with E-state index in [1.807, 2.05) is 0 Å². The normalized spacial score (nSPS) is 14.2. The van der Waals surface area contributed by atoms with E-state index in [1.54, 1.807) is 0 Å². The van der Waals surface area contributed by atoms with Gasteiger partial charge in [-0.25, -0.2) is 0 Å². The van der Waals surface area contributed by atoms with Crippen LogP contribution < -0.4 is 0 Å². The van der Waals surface area contributed by atoms with Crippen molar-refractivity contribution in [1.29, 1.82) is 0 Å². The van der Waals surface area contributed by atoms with E-state index in [2.05, 4.69) is 165 Å². The highest BCUT2D eigenvalue weighted by Gasteiger charge is 2.30. The van der Waals surface area contributed by atoms with Crippen molar-refractivity contribution in [2.45, 2.75) is 38.5 Å². The highest BCUT2D eigenvalue weighted by Crippen LogP contribution is 2.50. The van der Waals surface area contributed by atoms with Gasteiger partial charge in [0.05, 0.1) is 0 Å². The summed E-state index contributed by atoms with van der Waals surface area (Å²) < 4.78 is 0. The molecule has 1 saturated carbocycles. The lowest BCUT2D eigenvalue weighted by Gasteiger charge is -2.21. The van der Waals surface area contributed by atoms with Crippen LogP contribution in [0.2, 0.25) is 0 Å². The van der Waals surface area contributed by atoms with Gasteiger partial charge in [-0.1, -0.05) is 140 Å². The third-order valence-electron chi connectivity index (χ3n) is 12.0. The second-order valence-electron chi connectivity index (χ2n) is 15.1. The van der Waals surface area contributed by atoms with E-state index in [1.165, 1.54) is 122 Å². The molecule has 52 heavy (non-hydrogen) atoms. The first-order valence-electron chi connectivity index (χ1n) is 18.9. The largest absolute Gasteiger partial charge is 0.0836 e. The summed E-state index contributed by atoms with van der Waals surface area (Å²) in [6.45, 7) is 2.31. The Labute approximate surface area is 304 Å². The second kappa shape index (κ2) is 11.5. The van der Waals surface area contributed by atoms with E-state index in [-0.39, 0.29) is 0 Å². The number of fused-ring (bicyclic) bond motifs is 9. The first-order valence-corrected chi connectivity index (χ1v) is 18.9. The Morgan fingerprint density at radius 1 is 0.462 bits per heavy atom. The summed E-state index contributed by atoms with van der Waals surface area (Å²) >= 11 is 0. The Bertz CT molecular complexity index is 2970. The maximum Gasteiger partial charge on any atom is -0.00698 e. The van der Waals surface area contributed by atoms with E-state index >= 15 is 0 Å². The van der Waals surface area contributed by atoms with Crippen molar-refractivity contribution in [3.63, 3.8) is 0 Å². The van der Waals surface area contributed by atoms with Gasteiger partial charge >= 0.3 is 0 Å². The van der Waals surface area contributed by atoms with Crippen molar-refractivity contribution in [3.05, 3.63) is 174 Å². The fourth-order valence-corrected chi connectivity index (χ4v) is 9.31. The third kappa shape index (κ3) is 4.67. The number of hydrogen-bond donors (Lipinski definition) is 0. The average molecular weight is 663 g/mol. The quantitative estimate of drug-likeness (QED) is 0.165. The predicted octanol–water partition coefficient (Wildman–Crippen LogP) is 14.6. The average Bonchev–Trinajstić information content (AvgIpc) is 4.05. The van der Waals surface area contributed by atoms with Crippen molar-refractivity contribution in [2.24, 2.45) is 0 Å². The molecule has 0 saturated heterocycles. The molecule has 0 bridgehead atoms. The highest BCUT2D eigenvalue weighted by atomic mass is 14.3. The van der Waals surface area contributed by atoms with Crippen LogP contribution in [0.15, 0.2) is 152 Å². The summed E-state index contributed by atoms with van der Waals surface area (Å²) in [5.74, 6) is 0.610. The summed E-state index contributed by atoms with van der Waals surface area (Å²) in [6, 6.07) is 55.3. The van der Waals surface area contributed by atoms with E-state index in [4.69, 9.17) is 0 Å². The van der Waals surface area contributed by atoms with Crippen molar-refractivity contribution in [2.75, 3.05) is 0 Å². The van der Waals surface area contributed by atoms with E-state index in [0.717, 1.165) is 12.8 Å². The van der Waals surface area contributed by atoms with Crippen molar-refractivity contribution in [1.82, 2.24) is 0 Å². The minimum absolute atomic E-state index is 0.610. The Hall–Kier alpha value is -5.98. The number of aryl methyl sites for hydroxylation is 2. The Balaban J connectivity index is 1.01. The minimum atomic E-state index is 0.610. The van der Waals surface area contributed by atoms with Crippen LogP contribution in [0, 0.1) is 6.92 Å². The van der Waals surface area contributed by atoms with Crippen LogP contribution in [0.1, 0.15) is 47.4 Å². The molecular weight excluding hydrogens is 625 g/mol. The monoisotopic (exact) mass is 662 g/mol. The molecule has 0 aromatic heterocycles. The number of allylic oxidation sites excluding steroid dienone is 1. The number of hydrogen-bond acceptors (Lipinski definition) is 0. The molecule has 0 spiro atoms. The molecule has 2 aliphatic carbocycles. The summed E-state index contributed by atoms with van der Waals surface area (Å²) in [6.07, 6.45) is 9.49. The smallest absolute Gasteiger partial charge is 0.00698 e. The number of benzene rings is 9. The van der Waals surface area contributed by atoms with Crippen LogP contribution >= 0.6 is 0 Å². The molecular formula is C52H38. The first kappa shape index (κ1) is 29.7. The lowest BCUT2D eigenvalue weighted by atomic mass is 9.83. The summed E-state index contributed by atoms with van der Waals surface area (Å²) in [7, 11) is 0. The van der Waals surface area contributed by atoms with Crippen molar-refractivity contribution in [3.8, 4) is 33.4 Å². The van der Waals surface area contributed by atoms with Gasteiger partial charge in [-0.3, -0.25) is 0 Å². The van der Waals surface area contributed by atoms with Gasteiger partial charge in [0.15, 0.2) is 0 Å². The summed E-state index contributed by atoms with van der Waals surface area (Å²) in [5.41, 5.74) is 13.8. The molecule has 2 aliphatic rings. The van der Waals surface area contributed by atoms with Gasteiger partial charge in [0.1, 0.15) is 0 Å². The fourth-order valence-electron chi connectivity index (χ4n) is 9.31. The molecule has 0 heteroatoms. The van der Waals surface area contributed by atoms with Gasteiger partial charge in [0, 0.05) is 0 Å². The minimum Gasteiger partial charge on any atom is -0.0836 e. The third-order valence-corrected chi connectivity index (χ3v) is 12.0. The molecule has 0 unspecified atom stereocenters. The Morgan fingerprint density at radius 3 is 1.94 bits per heavy atom. The zero-order chi connectivity index (χ0) is 34.3. The predicted molar refractivity (Wildman–Crippen MR) is 224 cm³/mol. The standard InChI is InChI=1S/C52H38/c1-32-28-40-9-3-5-11-43(40)47-13-7-14-48(51(32)47)49-15-6-12-44(52(49)35-17-18-35)41-23-22-36-29-37(20-21-38(36)30-41)39-19-16-34-25-26-45-42-10-4-2-8-33(42)24-27-46(45)50(34)31-39/h2,4-8,10-16,19-31,35H,3,9,17-18H2,1H3. The van der Waals surface area contributed by atoms with Crippen LogP contribution in [-0.4, -0.2) is 0 Å². The summed E-state index contributed by atoms with van der Waals surface area (Å²) in [4.78, 5) is 0. The molecule has 0 aliphatic heterocycles. The zero-order valence-electron chi connectivity index (χ0n) is 29.4. The molecule has 0 radical (unpaired) electrons. The lowest BCUT2D eigenvalue weighted by Crippen LogP contribution is -1.99. The van der Waals surface area contributed by atoms with Crippen LogP contribution in [-0.2, 0) is 6.42 Å². The van der Waals surface area contributed by atoms with E-state index < -0.39 is 0 Å². The molecule has 11 rings (SSSR count). The van der Waals surface area contributed by atoms with Crippen molar-refractivity contribution < 1.29 is 0 Å². The molecule has 9 aromatic rings. The maximum absolute atomic E-state index is 2.45. The molecule has 0 heterocycles. The van der Waals surface area contributed by atoms with E-state index in [9.17, 15) is 0 Å². The number of rotatable bonds is 4. The second-order valence-corrected chi connectivity index (χ2v) is 15.1. The van der Waals surface area contributed by atoms with Gasteiger partial charge in [0.2, 0.25) is 0 Å². The molecule has 246 valence electrons. The molecule has 0 nitrogen and oxygen atoms in total. The van der Waals surface area contributed by atoms with Gasteiger partial charge in [-0.05, 0) is 166 Å². The fraction of sp³-hybridized carbons (Fsp3) is 0.115. The van der Waals surface area contributed by atoms with E-state index in [0.29, 0.717) is 5.92 Å². The Kier molecular flexibility index (Phi) is 6.58. The molecule has 0 N–H and O–H groups in total. The highest BCUT2D eigenvalue weighted by molar-refractivity contribution is 6.18. The molecule has 0 amide bonds. The summed E-state index contributed by atoms with van der Waals surface area (Å²) in [5, 5.41) is 13.2. The Morgan fingerprint density at radius 2 is 1.10 bits per heavy atom. The van der Waals surface area contributed by atoms with Gasteiger partial charge in [0.25, 0.3) is 0 Å². The maximum atomic E-state index is 2.45. The lowest BCUT2D eigenvalue weighted by molar-refractivity contribution is 0.987. The molecule has 0 atom stereocenters. The first-order chi connectivity index (χ1) is 25.7. The van der Waals surface area contributed by atoms with Gasteiger partial charge in [-0.2, -0.15) is 0 Å². The van der Waals surface area contributed by atoms with Gasteiger partial charge < -0.3 is 0 Å². The topological polar surface area (TPSA) is 0 Å². The van der Waals surface area contributed by atoms with Crippen molar-refractivity contribution >= 4 is 59.9 Å². The SMILES string of the molecule is Cc1cc2c(c3cccc(-c4cccc(-c5ccc6cc(-c7ccc8ccc9c%10ccccc%10ccc9c8c7)ccc6c5)c4C4CC4)c13)C=CCC2.